The molecule has 18 heavy (non-hydrogen) atoms. The summed E-state index contributed by atoms with van der Waals surface area (Å²) in [4.78, 5) is 17.6. The Kier molecular flexibility index (Phi) is 3.96. The van der Waals surface area contributed by atoms with E-state index < -0.39 is 11.4 Å². The molecule has 1 aliphatic rings. The fraction of sp³-hybridized carbons (Fsp3) is 0.750. The van der Waals surface area contributed by atoms with Crippen molar-refractivity contribution in [1.29, 1.82) is 0 Å². The highest BCUT2D eigenvalue weighted by atomic mass is 16.5. The molecule has 0 aromatic carbocycles. The lowest BCUT2D eigenvalue weighted by atomic mass is 9.75. The summed E-state index contributed by atoms with van der Waals surface area (Å²) in [6.45, 7) is 4.23. The van der Waals surface area contributed by atoms with Crippen molar-refractivity contribution in [3.05, 3.63) is 12.2 Å². The van der Waals surface area contributed by atoms with Crippen LogP contribution in [0.15, 0.2) is 10.9 Å². The van der Waals surface area contributed by atoms with Gasteiger partial charge in [0.05, 0.1) is 12.0 Å². The van der Waals surface area contributed by atoms with E-state index in [1.165, 1.54) is 6.39 Å². The molecule has 0 radical (unpaired) electrons. The predicted octanol–water partition coefficient (Wildman–Crippen LogP) is 1.54. The van der Waals surface area contributed by atoms with Crippen LogP contribution in [-0.2, 0) is 11.3 Å². The fourth-order valence-electron chi connectivity index (χ4n) is 2.65. The van der Waals surface area contributed by atoms with E-state index in [1.54, 1.807) is 0 Å². The molecule has 2 heterocycles. The number of rotatable bonds is 5. The number of carboxylic acids is 1. The highest BCUT2D eigenvalue weighted by Gasteiger charge is 2.40. The van der Waals surface area contributed by atoms with Crippen molar-refractivity contribution < 1.29 is 14.4 Å². The van der Waals surface area contributed by atoms with E-state index in [0.29, 0.717) is 25.2 Å². The predicted molar refractivity (Wildman–Crippen MR) is 63.8 cm³/mol. The Morgan fingerprint density at radius 1 is 1.56 bits per heavy atom. The molecule has 2 rings (SSSR count). The first-order valence-electron chi connectivity index (χ1n) is 6.37. The molecule has 0 saturated carbocycles. The molecule has 6 heteroatoms. The van der Waals surface area contributed by atoms with Gasteiger partial charge in [0.15, 0.2) is 5.82 Å². The molecule has 1 saturated heterocycles. The van der Waals surface area contributed by atoms with Crippen molar-refractivity contribution in [2.24, 2.45) is 5.41 Å². The van der Waals surface area contributed by atoms with Gasteiger partial charge in [-0.15, -0.1) is 0 Å². The van der Waals surface area contributed by atoms with Gasteiger partial charge in [-0.25, -0.2) is 0 Å². The lowest BCUT2D eigenvalue weighted by Crippen LogP contribution is -2.44. The number of likely N-dealkylation sites (tertiary alicyclic amines) is 1. The standard InChI is InChI=1S/C12H19N3O3/c1-2-3-12(11(16)17)4-6-15(7-5-12)8-10-13-9-18-14-10/h9H,2-8H2,1H3,(H,16,17). The monoisotopic (exact) mass is 253 g/mol. The van der Waals surface area contributed by atoms with Crippen LogP contribution >= 0.6 is 0 Å². The van der Waals surface area contributed by atoms with Crippen LogP contribution in [0, 0.1) is 5.41 Å². The van der Waals surface area contributed by atoms with Gasteiger partial charge < -0.3 is 9.63 Å². The molecule has 0 atom stereocenters. The molecule has 0 aliphatic carbocycles. The van der Waals surface area contributed by atoms with E-state index in [0.717, 1.165) is 25.9 Å². The molecule has 0 spiro atoms. The Hall–Kier alpha value is -1.43. The number of aromatic nitrogens is 2. The third-order valence-corrected chi connectivity index (χ3v) is 3.77. The van der Waals surface area contributed by atoms with Crippen molar-refractivity contribution in [3.8, 4) is 0 Å². The second-order valence-corrected chi connectivity index (χ2v) is 4.96. The SMILES string of the molecule is CCCC1(C(=O)O)CCN(Cc2ncon2)CC1. The Morgan fingerprint density at radius 2 is 2.28 bits per heavy atom. The van der Waals surface area contributed by atoms with Gasteiger partial charge in [-0.1, -0.05) is 18.5 Å². The lowest BCUT2D eigenvalue weighted by Gasteiger charge is -2.38. The Labute approximate surface area is 106 Å². The summed E-state index contributed by atoms with van der Waals surface area (Å²) in [7, 11) is 0. The van der Waals surface area contributed by atoms with E-state index in [1.807, 2.05) is 6.92 Å². The first-order chi connectivity index (χ1) is 8.66. The van der Waals surface area contributed by atoms with Gasteiger partial charge in [0, 0.05) is 0 Å². The summed E-state index contributed by atoms with van der Waals surface area (Å²) in [5.74, 6) is 0.0110. The topological polar surface area (TPSA) is 79.5 Å². The van der Waals surface area contributed by atoms with Gasteiger partial charge in [0.1, 0.15) is 0 Å². The quantitative estimate of drug-likeness (QED) is 0.857. The number of hydrogen-bond acceptors (Lipinski definition) is 5. The zero-order valence-corrected chi connectivity index (χ0v) is 10.6. The second-order valence-electron chi connectivity index (χ2n) is 4.96. The first-order valence-corrected chi connectivity index (χ1v) is 6.37. The van der Waals surface area contributed by atoms with Gasteiger partial charge >= 0.3 is 5.97 Å². The van der Waals surface area contributed by atoms with E-state index in [9.17, 15) is 9.90 Å². The number of carboxylic acid groups (broad SMARTS) is 1. The summed E-state index contributed by atoms with van der Waals surface area (Å²) in [6, 6.07) is 0. The lowest BCUT2D eigenvalue weighted by molar-refractivity contribution is -0.152. The van der Waals surface area contributed by atoms with Crippen LogP contribution in [0.25, 0.3) is 0 Å². The zero-order chi connectivity index (χ0) is 13.0. The van der Waals surface area contributed by atoms with Gasteiger partial charge in [-0.2, -0.15) is 4.98 Å². The molecular weight excluding hydrogens is 234 g/mol. The van der Waals surface area contributed by atoms with Gasteiger partial charge in [-0.05, 0) is 32.4 Å². The van der Waals surface area contributed by atoms with Crippen LogP contribution in [-0.4, -0.2) is 39.2 Å². The van der Waals surface area contributed by atoms with E-state index in [-0.39, 0.29) is 0 Å². The van der Waals surface area contributed by atoms with E-state index in [4.69, 9.17) is 4.52 Å². The number of carbonyl (C=O) groups is 1. The van der Waals surface area contributed by atoms with Crippen LogP contribution in [0.3, 0.4) is 0 Å². The molecular formula is C12H19N3O3. The summed E-state index contributed by atoms with van der Waals surface area (Å²) in [5.41, 5.74) is -0.525. The molecule has 1 aliphatic heterocycles. The van der Waals surface area contributed by atoms with Crippen molar-refractivity contribution in [3.63, 3.8) is 0 Å². The fourth-order valence-corrected chi connectivity index (χ4v) is 2.65. The Balaban J connectivity index is 1.91. The maximum absolute atomic E-state index is 11.4. The molecule has 0 amide bonds. The highest BCUT2D eigenvalue weighted by molar-refractivity contribution is 5.74. The van der Waals surface area contributed by atoms with Crippen LogP contribution < -0.4 is 0 Å². The number of hydrogen-bond donors (Lipinski definition) is 1. The van der Waals surface area contributed by atoms with Crippen LogP contribution in [0.4, 0.5) is 0 Å². The largest absolute Gasteiger partial charge is 0.481 e. The minimum absolute atomic E-state index is 0.525. The van der Waals surface area contributed by atoms with Crippen molar-refractivity contribution in [1.82, 2.24) is 15.0 Å². The summed E-state index contributed by atoms with van der Waals surface area (Å²) < 4.78 is 4.69. The molecule has 1 aromatic rings. The molecule has 0 bridgehead atoms. The maximum Gasteiger partial charge on any atom is 0.309 e. The summed E-state index contributed by atoms with van der Waals surface area (Å²) in [5, 5.41) is 13.2. The van der Waals surface area contributed by atoms with Crippen molar-refractivity contribution in [2.75, 3.05) is 13.1 Å². The third kappa shape index (κ3) is 2.69. The minimum atomic E-state index is -0.649. The average Bonchev–Trinajstić information content (AvgIpc) is 2.85. The molecule has 6 nitrogen and oxygen atoms in total. The third-order valence-electron chi connectivity index (χ3n) is 3.77. The normalized spacial score (nSPS) is 19.8. The molecule has 1 fully saturated rings. The first kappa shape index (κ1) is 13.0. The van der Waals surface area contributed by atoms with Crippen molar-refractivity contribution in [2.45, 2.75) is 39.2 Å². The molecule has 1 N–H and O–H groups in total. The molecule has 0 unspecified atom stereocenters. The summed E-state index contributed by atoms with van der Waals surface area (Å²) in [6.07, 6.45) is 4.40. The van der Waals surface area contributed by atoms with Crippen molar-refractivity contribution >= 4 is 5.97 Å². The van der Waals surface area contributed by atoms with Crippen LogP contribution in [0.5, 0.6) is 0 Å². The van der Waals surface area contributed by atoms with Gasteiger partial charge in [0.25, 0.3) is 0 Å². The average molecular weight is 253 g/mol. The number of piperidine rings is 1. The maximum atomic E-state index is 11.4. The van der Waals surface area contributed by atoms with Gasteiger partial charge in [0.2, 0.25) is 6.39 Å². The van der Waals surface area contributed by atoms with Gasteiger partial charge in [-0.3, -0.25) is 9.69 Å². The Morgan fingerprint density at radius 3 is 2.78 bits per heavy atom. The van der Waals surface area contributed by atoms with E-state index in [2.05, 4.69) is 15.0 Å². The van der Waals surface area contributed by atoms with Crippen LogP contribution in [0.1, 0.15) is 38.4 Å². The molecule has 1 aromatic heterocycles. The zero-order valence-electron chi connectivity index (χ0n) is 10.6. The minimum Gasteiger partial charge on any atom is -0.481 e. The Bertz CT molecular complexity index is 383. The smallest absolute Gasteiger partial charge is 0.309 e. The number of aliphatic carboxylic acids is 1. The highest BCUT2D eigenvalue weighted by Crippen LogP contribution is 2.36. The van der Waals surface area contributed by atoms with E-state index >= 15 is 0 Å². The molecule has 100 valence electrons. The van der Waals surface area contributed by atoms with Crippen LogP contribution in [0.2, 0.25) is 0 Å². The second kappa shape index (κ2) is 5.48. The number of nitrogens with zero attached hydrogens (tertiary/aromatic N) is 3. The summed E-state index contributed by atoms with van der Waals surface area (Å²) >= 11 is 0.